The van der Waals surface area contributed by atoms with Gasteiger partial charge in [-0.25, -0.2) is 0 Å². The Morgan fingerprint density at radius 1 is 0.950 bits per heavy atom. The number of allylic oxidation sites excluding steroid dienone is 1. The number of hydrogen-bond acceptors (Lipinski definition) is 7. The maximum atomic E-state index is 14.2. The number of fused-ring (bicyclic) bond motifs is 1. The molecule has 0 atom stereocenters. The fourth-order valence-corrected chi connectivity index (χ4v) is 7.62. The molecule has 1 fully saturated rings. The van der Waals surface area contributed by atoms with E-state index in [4.69, 9.17) is 17.0 Å². The van der Waals surface area contributed by atoms with Gasteiger partial charge in [0, 0.05) is 30.2 Å². The maximum absolute atomic E-state index is 14.2. The Morgan fingerprint density at radius 2 is 1.60 bits per heavy atom. The van der Waals surface area contributed by atoms with Crippen molar-refractivity contribution in [3.8, 4) is 5.75 Å². The molecule has 0 aliphatic carbocycles. The van der Waals surface area contributed by atoms with E-state index in [1.807, 2.05) is 90.8 Å². The smallest absolute Gasteiger partial charge is 0.284 e. The highest BCUT2D eigenvalue weighted by Gasteiger charge is 2.41. The Balaban J connectivity index is 1.64. The molecule has 1 amide bonds. The third-order valence-corrected chi connectivity index (χ3v) is 9.58. The molecule has 3 aromatic carbocycles. The number of carbonyl (C=O) groups excluding carboxylic acids is 1. The maximum Gasteiger partial charge on any atom is 0.284 e. The second-order valence-electron chi connectivity index (χ2n) is 9.02. The van der Waals surface area contributed by atoms with Gasteiger partial charge < -0.3 is 9.64 Å². The minimum absolute atomic E-state index is 0.189. The minimum Gasteiger partial charge on any atom is -0.497 e. The number of anilines is 3. The predicted molar refractivity (Wildman–Crippen MR) is 168 cm³/mol. The average molecular weight is 585 g/mol. The number of thioether (sulfide) groups is 1. The molecule has 2 aliphatic rings. The zero-order valence-corrected chi connectivity index (χ0v) is 24.2. The van der Waals surface area contributed by atoms with Gasteiger partial charge in [0.05, 0.1) is 18.5 Å². The van der Waals surface area contributed by atoms with E-state index >= 15 is 0 Å². The van der Waals surface area contributed by atoms with Crippen molar-refractivity contribution in [2.24, 2.45) is 0 Å². The lowest BCUT2D eigenvalue weighted by Gasteiger charge is -2.20. The first kappa shape index (κ1) is 26.1. The number of para-hydroxylation sites is 2. The highest BCUT2D eigenvalue weighted by Crippen LogP contribution is 2.46. The molecule has 7 nitrogen and oxygen atoms in total. The zero-order chi connectivity index (χ0) is 28.0. The number of rotatable bonds is 5. The molecular weight excluding hydrogens is 561 g/mol. The van der Waals surface area contributed by atoms with E-state index in [0.717, 1.165) is 27.0 Å². The molecule has 200 valence electrons. The van der Waals surface area contributed by atoms with Crippen LogP contribution in [-0.2, 0) is 11.3 Å². The first-order valence-corrected chi connectivity index (χ1v) is 14.5. The van der Waals surface area contributed by atoms with Crippen LogP contribution in [0.1, 0.15) is 0 Å². The molecule has 0 radical (unpaired) electrons. The van der Waals surface area contributed by atoms with Gasteiger partial charge in [-0.3, -0.25) is 24.0 Å². The lowest BCUT2D eigenvalue weighted by atomic mass is 10.3. The van der Waals surface area contributed by atoms with Crippen molar-refractivity contribution in [2.45, 2.75) is 11.4 Å². The molecule has 0 unspecified atom stereocenters. The standard InChI is InChI=1S/C30H24N4O3S3/c1-4-17-32-27(36)25(29-31(2)22-18-21(37-3)15-16-23(22)39-29)40-28(32)24-26(35)34(20-13-9-6-10-14-20)30(38)33(24)19-11-7-5-8-12-19/h4-16,18H,1,17H2,2-3H3/b28-24-,29-25-. The number of thiocarbonyl (C=S) groups is 1. The molecule has 1 saturated heterocycles. The van der Waals surface area contributed by atoms with Crippen LogP contribution in [0, 0.1) is 0 Å². The number of carbonyl (C=O) groups is 1. The molecule has 3 heterocycles. The number of nitrogens with zero attached hydrogens (tertiary/aromatic N) is 4. The second-order valence-corrected chi connectivity index (χ2v) is 11.4. The van der Waals surface area contributed by atoms with Crippen molar-refractivity contribution in [1.82, 2.24) is 4.57 Å². The molecule has 6 rings (SSSR count). The summed E-state index contributed by atoms with van der Waals surface area (Å²) in [7, 11) is 3.56. The molecule has 10 heteroatoms. The van der Waals surface area contributed by atoms with Gasteiger partial charge in [0.15, 0.2) is 5.11 Å². The van der Waals surface area contributed by atoms with Crippen LogP contribution in [0.4, 0.5) is 17.1 Å². The van der Waals surface area contributed by atoms with Crippen LogP contribution in [0.3, 0.4) is 0 Å². The van der Waals surface area contributed by atoms with Crippen LogP contribution >= 0.6 is 35.3 Å². The highest BCUT2D eigenvalue weighted by atomic mass is 32.2. The topological polar surface area (TPSA) is 58.0 Å². The Morgan fingerprint density at radius 3 is 2.23 bits per heavy atom. The quantitative estimate of drug-likeness (QED) is 0.255. The number of ether oxygens (including phenoxy) is 1. The highest BCUT2D eigenvalue weighted by molar-refractivity contribution is 8.08. The van der Waals surface area contributed by atoms with E-state index in [1.54, 1.807) is 22.7 Å². The Kier molecular flexibility index (Phi) is 6.83. The van der Waals surface area contributed by atoms with Gasteiger partial charge in [-0.15, -0.1) is 17.9 Å². The number of thiazole rings is 1. The Bertz CT molecular complexity index is 1850. The molecule has 4 aromatic rings. The molecule has 1 aromatic heterocycles. The van der Waals surface area contributed by atoms with Crippen molar-refractivity contribution < 1.29 is 9.53 Å². The molecule has 40 heavy (non-hydrogen) atoms. The van der Waals surface area contributed by atoms with Crippen LogP contribution in [0.25, 0.3) is 10.7 Å². The first-order chi connectivity index (χ1) is 19.4. The molecular formula is C30H24N4O3S3. The summed E-state index contributed by atoms with van der Waals surface area (Å²) in [5.74, 6) is 0.444. The summed E-state index contributed by atoms with van der Waals surface area (Å²) in [5.41, 5.74) is 2.50. The third-order valence-electron chi connectivity index (χ3n) is 6.67. The zero-order valence-electron chi connectivity index (χ0n) is 21.7. The Labute approximate surface area is 244 Å². The molecule has 0 N–H and O–H groups in total. The summed E-state index contributed by atoms with van der Waals surface area (Å²) >= 11 is 8.72. The number of methoxy groups -OCH3 is 1. The van der Waals surface area contributed by atoms with E-state index in [0.29, 0.717) is 25.7 Å². The minimum atomic E-state index is -0.295. The van der Waals surface area contributed by atoms with Gasteiger partial charge in [-0.1, -0.05) is 54.2 Å². The lowest BCUT2D eigenvalue weighted by molar-refractivity contribution is -0.112. The van der Waals surface area contributed by atoms with Gasteiger partial charge in [-0.05, 0) is 48.6 Å². The van der Waals surface area contributed by atoms with E-state index in [1.165, 1.54) is 28.0 Å². The van der Waals surface area contributed by atoms with Crippen molar-refractivity contribution in [1.29, 1.82) is 0 Å². The summed E-state index contributed by atoms with van der Waals surface area (Å²) in [6.45, 7) is 4.12. The number of hydrogen-bond donors (Lipinski definition) is 0. The van der Waals surface area contributed by atoms with Gasteiger partial charge in [-0.2, -0.15) is 0 Å². The summed E-state index contributed by atoms with van der Waals surface area (Å²) in [6, 6.07) is 24.7. The van der Waals surface area contributed by atoms with Crippen LogP contribution in [0.15, 0.2) is 101 Å². The van der Waals surface area contributed by atoms with Gasteiger partial charge in [0.1, 0.15) is 25.7 Å². The number of benzene rings is 3. The van der Waals surface area contributed by atoms with E-state index in [-0.39, 0.29) is 18.0 Å². The number of aromatic nitrogens is 1. The van der Waals surface area contributed by atoms with Crippen molar-refractivity contribution >= 4 is 74.1 Å². The second kappa shape index (κ2) is 10.5. The molecule has 0 saturated carbocycles. The summed E-state index contributed by atoms with van der Waals surface area (Å²) < 4.78 is 8.08. The van der Waals surface area contributed by atoms with Crippen molar-refractivity contribution in [3.05, 3.63) is 111 Å². The van der Waals surface area contributed by atoms with E-state index < -0.39 is 0 Å². The monoisotopic (exact) mass is 584 g/mol. The van der Waals surface area contributed by atoms with Crippen LogP contribution in [0.5, 0.6) is 5.75 Å². The summed E-state index contributed by atoms with van der Waals surface area (Å²) in [4.78, 5) is 34.5. The number of amides is 1. The SMILES string of the molecule is C=CCn1c(=O)/c(=C2/Sc3ccc(OC)cc3N2C)s/c1=C1/C(=O)N(c2ccccc2)C(=S)N1c1ccccc1. The average Bonchev–Trinajstić information content (AvgIpc) is 3.57. The molecule has 0 bridgehead atoms. The lowest BCUT2D eigenvalue weighted by Crippen LogP contribution is -2.36. The van der Waals surface area contributed by atoms with Crippen LogP contribution in [-0.4, -0.2) is 29.7 Å². The predicted octanol–water partition coefficient (Wildman–Crippen LogP) is 4.36. The fraction of sp³-hybridized carbons (Fsp3) is 0.100. The first-order valence-electron chi connectivity index (χ1n) is 12.4. The van der Waals surface area contributed by atoms with E-state index in [9.17, 15) is 9.59 Å². The van der Waals surface area contributed by atoms with Crippen LogP contribution in [0.2, 0.25) is 0 Å². The van der Waals surface area contributed by atoms with Gasteiger partial charge >= 0.3 is 0 Å². The largest absolute Gasteiger partial charge is 0.497 e. The van der Waals surface area contributed by atoms with Crippen LogP contribution < -0.4 is 34.2 Å². The van der Waals surface area contributed by atoms with E-state index in [2.05, 4.69) is 6.58 Å². The molecule has 0 spiro atoms. The van der Waals surface area contributed by atoms with Gasteiger partial charge in [0.25, 0.3) is 11.5 Å². The van der Waals surface area contributed by atoms with Gasteiger partial charge in [0.2, 0.25) is 0 Å². The Hall–Kier alpha value is -4.12. The van der Waals surface area contributed by atoms with Crippen molar-refractivity contribution in [2.75, 3.05) is 28.9 Å². The summed E-state index contributed by atoms with van der Waals surface area (Å²) in [5, 5.41) is 1.12. The fourth-order valence-electron chi connectivity index (χ4n) is 4.76. The van der Waals surface area contributed by atoms with Crippen molar-refractivity contribution in [3.63, 3.8) is 0 Å². The third kappa shape index (κ3) is 4.16. The molecule has 2 aliphatic heterocycles. The summed E-state index contributed by atoms with van der Waals surface area (Å²) in [6.07, 6.45) is 1.66. The normalized spacial score (nSPS) is 17.5.